The number of methoxy groups -OCH3 is 3. The third kappa shape index (κ3) is 8.03. The maximum Gasteiger partial charge on any atom is 0.270 e. The van der Waals surface area contributed by atoms with E-state index in [0.29, 0.717) is 83.1 Å². The Hall–Kier alpha value is -7.56. The second-order valence-corrected chi connectivity index (χ2v) is 13.6. The zero-order chi connectivity index (χ0) is 40.9. The molecule has 0 fully saturated rings. The number of amides is 1. The lowest BCUT2D eigenvalue weighted by molar-refractivity contribution is 0.0946. The minimum atomic E-state index is -0.396. The van der Waals surface area contributed by atoms with Gasteiger partial charge in [0, 0.05) is 30.6 Å². The molecule has 0 spiro atoms. The lowest BCUT2D eigenvalue weighted by Gasteiger charge is -2.15. The maximum atomic E-state index is 14.0. The summed E-state index contributed by atoms with van der Waals surface area (Å²) in [4.78, 5) is 23.0. The Morgan fingerprint density at radius 1 is 0.831 bits per heavy atom. The summed E-state index contributed by atoms with van der Waals surface area (Å²) in [6, 6.07) is 24.9. The van der Waals surface area contributed by atoms with Crippen molar-refractivity contribution in [2.24, 2.45) is 7.05 Å². The van der Waals surface area contributed by atoms with Gasteiger partial charge in [0.25, 0.3) is 5.91 Å². The first-order chi connectivity index (χ1) is 28.8. The van der Waals surface area contributed by atoms with Crippen LogP contribution in [0, 0.1) is 6.92 Å². The van der Waals surface area contributed by atoms with E-state index in [2.05, 4.69) is 20.5 Å². The Morgan fingerprint density at radius 2 is 1.61 bits per heavy atom. The van der Waals surface area contributed by atoms with Crippen LogP contribution in [0.25, 0.3) is 33.9 Å². The van der Waals surface area contributed by atoms with E-state index in [1.807, 2.05) is 90.0 Å². The van der Waals surface area contributed by atoms with Crippen LogP contribution in [-0.2, 0) is 39.8 Å². The molecule has 5 heterocycles. The molecule has 3 aromatic carbocycles. The summed E-state index contributed by atoms with van der Waals surface area (Å²) in [5, 5.41) is 27.1. The zero-order valence-electron chi connectivity index (χ0n) is 33.2. The van der Waals surface area contributed by atoms with Gasteiger partial charge in [-0.3, -0.25) is 23.4 Å². The van der Waals surface area contributed by atoms with Crippen molar-refractivity contribution in [2.75, 3.05) is 21.3 Å². The quantitative estimate of drug-likeness (QED) is 0.134. The molecule has 1 N–H and O–H groups in total. The molecular formula is C42H42N12O5. The molecule has 17 nitrogen and oxygen atoms in total. The molecule has 59 heavy (non-hydrogen) atoms. The highest BCUT2D eigenvalue weighted by atomic mass is 16.5. The molecule has 0 bridgehead atoms. The highest BCUT2D eigenvalue weighted by molar-refractivity contribution is 5.99. The van der Waals surface area contributed by atoms with E-state index in [1.54, 1.807) is 55.3 Å². The average molecular weight is 795 g/mol. The largest absolute Gasteiger partial charge is 0.497 e. The number of ether oxygens (including phenoxy) is 4. The average Bonchev–Trinajstić information content (AvgIpc) is 4.08. The first-order valence-corrected chi connectivity index (χ1v) is 18.8. The zero-order valence-corrected chi connectivity index (χ0v) is 33.2. The van der Waals surface area contributed by atoms with Crippen LogP contribution < -0.4 is 24.3 Å². The van der Waals surface area contributed by atoms with Gasteiger partial charge in [0.2, 0.25) is 0 Å². The molecule has 8 aromatic rings. The van der Waals surface area contributed by atoms with Crippen LogP contribution in [0.15, 0.2) is 97.7 Å². The van der Waals surface area contributed by atoms with E-state index < -0.39 is 5.91 Å². The number of aromatic nitrogens is 11. The summed E-state index contributed by atoms with van der Waals surface area (Å²) >= 11 is 0. The van der Waals surface area contributed by atoms with Crippen LogP contribution in [0.5, 0.6) is 23.0 Å². The van der Waals surface area contributed by atoms with Gasteiger partial charge in [0.15, 0.2) is 17.4 Å². The second-order valence-electron chi connectivity index (χ2n) is 13.6. The number of pyridine rings is 1. The Labute approximate surface area is 339 Å². The molecule has 17 heteroatoms. The highest BCUT2D eigenvalue weighted by Gasteiger charge is 2.28. The molecule has 0 saturated heterocycles. The third-order valence-corrected chi connectivity index (χ3v) is 9.89. The van der Waals surface area contributed by atoms with Crippen LogP contribution in [0.3, 0.4) is 0 Å². The van der Waals surface area contributed by atoms with Gasteiger partial charge in [-0.25, -0.2) is 9.97 Å². The number of hydrogen-bond donors (Lipinski definition) is 1. The second kappa shape index (κ2) is 16.9. The van der Waals surface area contributed by atoms with Gasteiger partial charge in [-0.1, -0.05) is 42.5 Å². The summed E-state index contributed by atoms with van der Waals surface area (Å²) < 4.78 is 30.2. The topological polar surface area (TPSA) is 176 Å². The summed E-state index contributed by atoms with van der Waals surface area (Å²) in [5.74, 6) is 3.01. The molecule has 5 aromatic heterocycles. The predicted octanol–water partition coefficient (Wildman–Crippen LogP) is 5.27. The van der Waals surface area contributed by atoms with Gasteiger partial charge in [-0.2, -0.15) is 15.3 Å². The van der Waals surface area contributed by atoms with Crippen LogP contribution in [0.2, 0.25) is 0 Å². The monoisotopic (exact) mass is 794 g/mol. The molecule has 0 radical (unpaired) electrons. The maximum absolute atomic E-state index is 14.0. The number of aryl methyl sites for hydroxylation is 4. The van der Waals surface area contributed by atoms with Crippen LogP contribution in [0.4, 0.5) is 0 Å². The van der Waals surface area contributed by atoms with Crippen molar-refractivity contribution in [1.82, 2.24) is 59.4 Å². The first-order valence-electron chi connectivity index (χ1n) is 18.8. The number of hydrogen-bond acceptors (Lipinski definition) is 12. The molecule has 8 rings (SSSR count). The molecular weight excluding hydrogens is 753 g/mol. The fourth-order valence-electron chi connectivity index (χ4n) is 6.80. The van der Waals surface area contributed by atoms with Crippen molar-refractivity contribution in [1.29, 1.82) is 0 Å². The van der Waals surface area contributed by atoms with Gasteiger partial charge in [0.1, 0.15) is 59.3 Å². The molecule has 300 valence electrons. The minimum absolute atomic E-state index is 0.171. The van der Waals surface area contributed by atoms with Crippen molar-refractivity contribution >= 4 is 16.8 Å². The number of carbonyl (C=O) groups is 1. The fraction of sp³-hybridized carbons (Fsp3) is 0.238. The predicted molar refractivity (Wildman–Crippen MR) is 217 cm³/mol. The Morgan fingerprint density at radius 3 is 2.36 bits per heavy atom. The molecule has 1 amide bonds. The normalized spacial score (nSPS) is 11.2. The highest BCUT2D eigenvalue weighted by Crippen LogP contribution is 2.37. The molecule has 0 atom stereocenters. The van der Waals surface area contributed by atoms with Gasteiger partial charge >= 0.3 is 0 Å². The lowest BCUT2D eigenvalue weighted by atomic mass is 10.1. The number of rotatable bonds is 16. The standard InChI is InChI=1S/C42H42N12O5/c1-27-39(59-24-29-9-7-6-8-10-29)38(54(50-27)18-17-52-26-43-25-46-52)41-49-48-40(53(41)23-28-11-14-31(56-3)15-12-28)37-33-22-45-51(2)35(33)20-34(47-37)42(55)44-21-30-13-16-32(57-4)19-36(30)58-5/h6-16,19-20,22,25-26H,17-18,21,23-24H2,1-5H3,(H,44,55). The van der Waals surface area contributed by atoms with Gasteiger partial charge < -0.3 is 24.3 Å². The van der Waals surface area contributed by atoms with Crippen LogP contribution in [-0.4, -0.2) is 81.3 Å². The van der Waals surface area contributed by atoms with Crippen LogP contribution in [0.1, 0.15) is 32.9 Å². The number of nitrogens with one attached hydrogen (secondary N) is 1. The van der Waals surface area contributed by atoms with Crippen molar-refractivity contribution in [2.45, 2.75) is 39.7 Å². The molecule has 0 aliphatic heterocycles. The Bertz CT molecular complexity index is 2700. The van der Waals surface area contributed by atoms with Gasteiger partial charge in [-0.05, 0) is 48.4 Å². The molecule has 0 saturated carbocycles. The fourth-order valence-corrected chi connectivity index (χ4v) is 6.80. The lowest BCUT2D eigenvalue weighted by Crippen LogP contribution is -2.24. The van der Waals surface area contributed by atoms with E-state index >= 15 is 0 Å². The van der Waals surface area contributed by atoms with E-state index in [1.165, 1.54) is 6.33 Å². The van der Waals surface area contributed by atoms with Crippen molar-refractivity contribution in [3.8, 4) is 46.0 Å². The molecule has 0 unspecified atom stereocenters. The molecule has 0 aliphatic carbocycles. The van der Waals surface area contributed by atoms with Crippen molar-refractivity contribution in [3.05, 3.63) is 126 Å². The summed E-state index contributed by atoms with van der Waals surface area (Å²) in [5.41, 5.74) is 5.28. The summed E-state index contributed by atoms with van der Waals surface area (Å²) in [6.45, 7) is 3.64. The number of fused-ring (bicyclic) bond motifs is 1. The number of benzene rings is 3. The number of carbonyl (C=O) groups excluding carboxylic acids is 1. The van der Waals surface area contributed by atoms with E-state index in [0.717, 1.165) is 22.4 Å². The van der Waals surface area contributed by atoms with Gasteiger partial charge in [0.05, 0.1) is 52.7 Å². The Kier molecular flexibility index (Phi) is 11.0. The van der Waals surface area contributed by atoms with Crippen molar-refractivity contribution < 1.29 is 23.7 Å². The van der Waals surface area contributed by atoms with E-state index in [4.69, 9.17) is 39.2 Å². The van der Waals surface area contributed by atoms with E-state index in [9.17, 15) is 4.79 Å². The summed E-state index contributed by atoms with van der Waals surface area (Å²) in [7, 11) is 6.61. The summed E-state index contributed by atoms with van der Waals surface area (Å²) in [6.07, 6.45) is 4.88. The van der Waals surface area contributed by atoms with Gasteiger partial charge in [-0.15, -0.1) is 10.2 Å². The third-order valence-electron chi connectivity index (χ3n) is 9.89. The number of nitrogens with zero attached hydrogens (tertiary/aromatic N) is 11. The first kappa shape index (κ1) is 38.3. The SMILES string of the molecule is COc1ccc(Cn2c(-c3nc(C(=O)NCc4ccc(OC)cc4OC)cc4c3cnn4C)nnc2-c2c(OCc3ccccc3)c(C)nn2CCn2cncn2)cc1. The van der Waals surface area contributed by atoms with Crippen molar-refractivity contribution in [3.63, 3.8) is 0 Å². The smallest absolute Gasteiger partial charge is 0.270 e. The molecule has 0 aliphatic rings. The van der Waals surface area contributed by atoms with Crippen LogP contribution >= 0.6 is 0 Å². The Balaban J connectivity index is 1.25. The minimum Gasteiger partial charge on any atom is -0.497 e. The van der Waals surface area contributed by atoms with E-state index in [-0.39, 0.29) is 12.2 Å².